The second-order valence-electron chi connectivity index (χ2n) is 2.21. The van der Waals surface area contributed by atoms with Crippen molar-refractivity contribution in [2.45, 2.75) is 6.92 Å². The van der Waals surface area contributed by atoms with Gasteiger partial charge in [-0.05, 0) is 13.0 Å². The maximum Gasteiger partial charge on any atom is 0.152 e. The Morgan fingerprint density at radius 2 is 2.00 bits per heavy atom. The predicted molar refractivity (Wildman–Crippen MR) is 46.2 cm³/mol. The summed E-state index contributed by atoms with van der Waals surface area (Å²) in [5.74, 6) is 0. The van der Waals surface area contributed by atoms with Gasteiger partial charge in [0.25, 0.3) is 0 Å². The van der Waals surface area contributed by atoms with Crippen LogP contribution in [-0.4, -0.2) is 0 Å². The molecule has 0 saturated heterocycles. The smallest absolute Gasteiger partial charge is 0.152 e. The molecule has 0 fully saturated rings. The van der Waals surface area contributed by atoms with Crippen LogP contribution < -0.4 is 5.48 Å². The number of benzene rings is 1. The topological polar surface area (TPSA) is 39.7 Å². The molecule has 0 spiro atoms. The van der Waals surface area contributed by atoms with Gasteiger partial charge in [0.15, 0.2) is 5.69 Å². The SMILES string of the molecule is Cc1ccc(Cl)c(Cl)c1[NH2+][O-]. The van der Waals surface area contributed by atoms with Crippen molar-refractivity contribution in [3.05, 3.63) is 32.9 Å². The van der Waals surface area contributed by atoms with E-state index in [2.05, 4.69) is 0 Å². The zero-order valence-electron chi connectivity index (χ0n) is 5.90. The van der Waals surface area contributed by atoms with Crippen LogP contribution in [0.15, 0.2) is 12.1 Å². The first-order valence-corrected chi connectivity index (χ1v) is 3.82. The van der Waals surface area contributed by atoms with E-state index >= 15 is 0 Å². The van der Waals surface area contributed by atoms with Crippen LogP contribution in [0.2, 0.25) is 10.0 Å². The van der Waals surface area contributed by atoms with Crippen molar-refractivity contribution < 1.29 is 5.48 Å². The van der Waals surface area contributed by atoms with Gasteiger partial charge in [0.1, 0.15) is 5.02 Å². The van der Waals surface area contributed by atoms with E-state index in [4.69, 9.17) is 23.2 Å². The van der Waals surface area contributed by atoms with Crippen LogP contribution in [0.4, 0.5) is 5.69 Å². The van der Waals surface area contributed by atoms with Crippen molar-refractivity contribution in [2.24, 2.45) is 0 Å². The summed E-state index contributed by atoms with van der Waals surface area (Å²) in [5, 5.41) is 11.2. The standard InChI is InChI=1S/C7H7Cl2NO/c1-4-2-3-5(8)6(9)7(4)10-11/h2-3H,10H2,1H3. The molecule has 1 aromatic carbocycles. The van der Waals surface area contributed by atoms with Crippen LogP contribution in [0.5, 0.6) is 0 Å². The Kier molecular flexibility index (Phi) is 2.73. The number of hydrogen-bond acceptors (Lipinski definition) is 1. The highest BCUT2D eigenvalue weighted by Gasteiger charge is 2.07. The van der Waals surface area contributed by atoms with Gasteiger partial charge in [0, 0.05) is 5.56 Å². The summed E-state index contributed by atoms with van der Waals surface area (Å²) in [6.07, 6.45) is 0. The predicted octanol–water partition coefficient (Wildman–Crippen LogP) is 1.99. The van der Waals surface area contributed by atoms with E-state index in [1.165, 1.54) is 0 Å². The summed E-state index contributed by atoms with van der Waals surface area (Å²) in [6.45, 7) is 1.81. The van der Waals surface area contributed by atoms with Gasteiger partial charge in [-0.3, -0.25) is 0 Å². The van der Waals surface area contributed by atoms with Crippen LogP contribution in [-0.2, 0) is 0 Å². The molecule has 0 aromatic heterocycles. The molecule has 0 heterocycles. The highest BCUT2D eigenvalue weighted by atomic mass is 35.5. The van der Waals surface area contributed by atoms with Gasteiger partial charge in [-0.15, -0.1) is 0 Å². The zero-order valence-corrected chi connectivity index (χ0v) is 7.41. The Labute approximate surface area is 74.7 Å². The van der Waals surface area contributed by atoms with E-state index in [1.807, 2.05) is 6.92 Å². The molecule has 11 heavy (non-hydrogen) atoms. The minimum atomic E-state index is 0.335. The summed E-state index contributed by atoms with van der Waals surface area (Å²) >= 11 is 11.4. The van der Waals surface area contributed by atoms with Gasteiger partial charge < -0.3 is 10.7 Å². The van der Waals surface area contributed by atoms with E-state index in [9.17, 15) is 5.21 Å². The molecule has 1 aromatic rings. The number of nitrogens with two attached hydrogens (primary N) is 1. The molecule has 2 N–H and O–H groups in total. The summed E-state index contributed by atoms with van der Waals surface area (Å²) in [7, 11) is 0. The Hall–Kier alpha value is -0.280. The normalized spacial score (nSPS) is 10.2. The van der Waals surface area contributed by atoms with Crippen LogP contribution in [0.1, 0.15) is 5.56 Å². The van der Waals surface area contributed by atoms with Crippen molar-refractivity contribution in [1.29, 1.82) is 0 Å². The van der Waals surface area contributed by atoms with Gasteiger partial charge >= 0.3 is 0 Å². The Bertz CT molecular complexity index is 275. The summed E-state index contributed by atoms with van der Waals surface area (Å²) in [6, 6.07) is 3.43. The molecule has 0 bridgehead atoms. The molecular weight excluding hydrogens is 185 g/mol. The van der Waals surface area contributed by atoms with E-state index in [1.54, 1.807) is 12.1 Å². The van der Waals surface area contributed by atoms with Crippen molar-refractivity contribution in [1.82, 2.24) is 0 Å². The van der Waals surface area contributed by atoms with Crippen LogP contribution in [0.3, 0.4) is 0 Å². The van der Waals surface area contributed by atoms with Gasteiger partial charge in [-0.25, -0.2) is 0 Å². The maximum atomic E-state index is 10.5. The maximum absolute atomic E-state index is 10.5. The average Bonchev–Trinajstić information content (AvgIpc) is 1.99. The highest BCUT2D eigenvalue weighted by Crippen LogP contribution is 2.29. The molecule has 0 amide bonds. The number of halogens is 2. The lowest BCUT2D eigenvalue weighted by Crippen LogP contribution is -2.70. The van der Waals surface area contributed by atoms with E-state index < -0.39 is 0 Å². The molecule has 2 nitrogen and oxygen atoms in total. The van der Waals surface area contributed by atoms with Gasteiger partial charge in [0.2, 0.25) is 0 Å². The summed E-state index contributed by atoms with van der Waals surface area (Å²) < 4.78 is 0. The number of quaternary nitrogens is 1. The molecule has 0 saturated carbocycles. The van der Waals surface area contributed by atoms with Crippen LogP contribution in [0, 0.1) is 12.1 Å². The first-order valence-electron chi connectivity index (χ1n) is 3.06. The third-order valence-corrected chi connectivity index (χ3v) is 2.29. The monoisotopic (exact) mass is 191 g/mol. The molecule has 0 unspecified atom stereocenters. The van der Waals surface area contributed by atoms with Gasteiger partial charge in [0.05, 0.1) is 5.02 Å². The fourth-order valence-corrected chi connectivity index (χ4v) is 1.23. The molecule has 0 radical (unpaired) electrons. The molecule has 0 aliphatic rings. The first kappa shape index (κ1) is 8.81. The molecule has 0 atom stereocenters. The number of rotatable bonds is 1. The van der Waals surface area contributed by atoms with E-state index in [-0.39, 0.29) is 0 Å². The second kappa shape index (κ2) is 3.41. The molecule has 1 rings (SSSR count). The fourth-order valence-electron chi connectivity index (χ4n) is 0.808. The molecule has 0 aliphatic heterocycles. The summed E-state index contributed by atoms with van der Waals surface area (Å²) in [4.78, 5) is 0. The summed E-state index contributed by atoms with van der Waals surface area (Å²) in [5.41, 5.74) is 2.03. The van der Waals surface area contributed by atoms with Crippen molar-refractivity contribution in [3.8, 4) is 0 Å². The minimum absolute atomic E-state index is 0.335. The lowest BCUT2D eigenvalue weighted by Gasteiger charge is -2.07. The lowest BCUT2D eigenvalue weighted by molar-refractivity contribution is -0.497. The Morgan fingerprint density at radius 1 is 1.36 bits per heavy atom. The van der Waals surface area contributed by atoms with Crippen molar-refractivity contribution in [3.63, 3.8) is 0 Å². The number of aryl methyl sites for hydroxylation is 1. The van der Waals surface area contributed by atoms with Gasteiger partial charge in [-0.1, -0.05) is 29.3 Å². The van der Waals surface area contributed by atoms with Crippen molar-refractivity contribution in [2.75, 3.05) is 0 Å². The van der Waals surface area contributed by atoms with Gasteiger partial charge in [-0.2, -0.15) is 0 Å². The molecule has 60 valence electrons. The van der Waals surface area contributed by atoms with Crippen molar-refractivity contribution >= 4 is 28.9 Å². The third-order valence-electron chi connectivity index (χ3n) is 1.47. The zero-order chi connectivity index (χ0) is 8.43. The Morgan fingerprint density at radius 3 is 2.45 bits per heavy atom. The van der Waals surface area contributed by atoms with E-state index in [0.717, 1.165) is 5.56 Å². The molecule has 0 aliphatic carbocycles. The first-order chi connectivity index (χ1) is 5.16. The largest absolute Gasteiger partial charge is 0.630 e. The quantitative estimate of drug-likeness (QED) is 0.536. The van der Waals surface area contributed by atoms with Crippen LogP contribution in [0.25, 0.3) is 0 Å². The van der Waals surface area contributed by atoms with Crippen LogP contribution >= 0.6 is 23.2 Å². The van der Waals surface area contributed by atoms with E-state index in [0.29, 0.717) is 21.2 Å². The molecular formula is C7H7Cl2NO. The minimum Gasteiger partial charge on any atom is -0.630 e. The lowest BCUT2D eigenvalue weighted by atomic mass is 10.2. The highest BCUT2D eigenvalue weighted by molar-refractivity contribution is 6.43. The number of hydrogen-bond donors (Lipinski definition) is 1. The second-order valence-corrected chi connectivity index (χ2v) is 2.99. The Balaban J connectivity index is 3.29. The molecule has 4 heteroatoms. The average molecular weight is 192 g/mol. The third kappa shape index (κ3) is 1.65. The fraction of sp³-hybridized carbons (Fsp3) is 0.143.